The Hall–Kier alpha value is -2.42. The van der Waals surface area contributed by atoms with Crippen molar-refractivity contribution in [2.24, 2.45) is 0 Å². The van der Waals surface area contributed by atoms with Crippen LogP contribution in [0.25, 0.3) is 23.1 Å². The van der Waals surface area contributed by atoms with Crippen molar-refractivity contribution >= 4 is 28.8 Å². The molecule has 86 valence electrons. The van der Waals surface area contributed by atoms with Crippen LogP contribution < -0.4 is 5.43 Å². The number of pyridine rings is 1. The summed E-state index contributed by atoms with van der Waals surface area (Å²) in [6, 6.07) is 3.45. The zero-order valence-electron chi connectivity index (χ0n) is 9.51. The van der Waals surface area contributed by atoms with Gasteiger partial charge in [0, 0.05) is 24.4 Å². The maximum atomic E-state index is 12.1. The summed E-state index contributed by atoms with van der Waals surface area (Å²) in [4.78, 5) is 23.9. The highest BCUT2D eigenvalue weighted by atomic mass is 16.1. The molecule has 0 saturated heterocycles. The smallest absolute Gasteiger partial charge is 0.190 e. The molecule has 3 heteroatoms. The minimum absolute atomic E-state index is 0.0167. The second kappa shape index (κ2) is 3.07. The Morgan fingerprint density at radius 2 is 2.00 bits per heavy atom. The van der Waals surface area contributed by atoms with Gasteiger partial charge in [-0.05, 0) is 29.3 Å². The Bertz CT molecular complexity index is 838. The molecule has 2 heterocycles. The molecule has 1 aromatic heterocycles. The van der Waals surface area contributed by atoms with Crippen LogP contribution in [0.1, 0.15) is 21.5 Å². The maximum absolute atomic E-state index is 12.1. The van der Waals surface area contributed by atoms with Gasteiger partial charge in [-0.3, -0.25) is 9.59 Å². The molecule has 4 rings (SSSR count). The molecule has 3 nitrogen and oxygen atoms in total. The molecule has 0 N–H and O–H groups in total. The van der Waals surface area contributed by atoms with E-state index in [4.69, 9.17) is 0 Å². The molecule has 0 bridgehead atoms. The van der Waals surface area contributed by atoms with Crippen molar-refractivity contribution in [1.29, 1.82) is 0 Å². The van der Waals surface area contributed by atoms with Crippen molar-refractivity contribution in [2.75, 3.05) is 0 Å². The highest BCUT2D eigenvalue weighted by Gasteiger charge is 2.21. The number of hydrogen-bond acceptors (Lipinski definition) is 2. The Morgan fingerprint density at radius 3 is 2.89 bits per heavy atom. The van der Waals surface area contributed by atoms with Crippen molar-refractivity contribution in [2.45, 2.75) is 6.54 Å². The number of fused-ring (bicyclic) bond motifs is 2. The third kappa shape index (κ3) is 1.03. The molecule has 1 aromatic carbocycles. The van der Waals surface area contributed by atoms with Gasteiger partial charge >= 0.3 is 0 Å². The monoisotopic (exact) mass is 235 g/mol. The van der Waals surface area contributed by atoms with Gasteiger partial charge in [0.25, 0.3) is 0 Å². The van der Waals surface area contributed by atoms with Crippen molar-refractivity contribution in [3.63, 3.8) is 0 Å². The lowest BCUT2D eigenvalue weighted by atomic mass is 9.97. The minimum Gasteiger partial charge on any atom is -0.343 e. The van der Waals surface area contributed by atoms with Gasteiger partial charge in [-0.25, -0.2) is 0 Å². The lowest BCUT2D eigenvalue weighted by molar-refractivity contribution is 0.105. The molecule has 0 saturated carbocycles. The predicted octanol–water partition coefficient (Wildman–Crippen LogP) is 2.24. The molecule has 0 unspecified atom stereocenters. The molecule has 1 aliphatic heterocycles. The summed E-state index contributed by atoms with van der Waals surface area (Å²) in [6.07, 6.45) is 9.11. The highest BCUT2D eigenvalue weighted by molar-refractivity contribution is 6.18. The van der Waals surface area contributed by atoms with Crippen molar-refractivity contribution < 1.29 is 4.79 Å². The van der Waals surface area contributed by atoms with E-state index in [9.17, 15) is 9.59 Å². The third-order valence-electron chi connectivity index (χ3n) is 3.58. The summed E-state index contributed by atoms with van der Waals surface area (Å²) in [7, 11) is 0. The van der Waals surface area contributed by atoms with E-state index in [0.717, 1.165) is 23.2 Å². The summed E-state index contributed by atoms with van der Waals surface area (Å²) < 4.78 is 2.04. The molecule has 0 fully saturated rings. The Kier molecular flexibility index (Phi) is 1.64. The van der Waals surface area contributed by atoms with Gasteiger partial charge in [0.1, 0.15) is 0 Å². The van der Waals surface area contributed by atoms with Gasteiger partial charge < -0.3 is 4.57 Å². The van der Waals surface area contributed by atoms with E-state index < -0.39 is 0 Å². The quantitative estimate of drug-likeness (QED) is 0.702. The summed E-state index contributed by atoms with van der Waals surface area (Å²) in [5.41, 5.74) is 3.27. The second-order valence-corrected chi connectivity index (χ2v) is 4.58. The maximum Gasteiger partial charge on any atom is 0.190 e. The zero-order chi connectivity index (χ0) is 12.3. The first kappa shape index (κ1) is 9.59. The Labute approximate surface area is 103 Å². The topological polar surface area (TPSA) is 39.1 Å². The largest absolute Gasteiger partial charge is 0.343 e. The fourth-order valence-corrected chi connectivity index (χ4v) is 2.78. The van der Waals surface area contributed by atoms with E-state index in [2.05, 4.69) is 0 Å². The van der Waals surface area contributed by atoms with Crippen molar-refractivity contribution in [3.8, 4) is 0 Å². The normalized spacial score (nSPS) is 15.4. The first-order chi connectivity index (χ1) is 8.75. The van der Waals surface area contributed by atoms with Crippen LogP contribution in [-0.2, 0) is 6.54 Å². The van der Waals surface area contributed by atoms with E-state index in [-0.39, 0.29) is 11.2 Å². The predicted molar refractivity (Wildman–Crippen MR) is 70.6 cm³/mol. The van der Waals surface area contributed by atoms with E-state index >= 15 is 0 Å². The molecular formula is C15H9NO2. The number of carbonyl (C=O) groups is 1. The number of benzene rings is 1. The molecule has 1 aliphatic carbocycles. The first-order valence-electron chi connectivity index (χ1n) is 5.85. The number of carbonyl (C=O) groups excluding carboxylic acids is 1. The lowest BCUT2D eigenvalue weighted by Gasteiger charge is -2.17. The zero-order valence-corrected chi connectivity index (χ0v) is 9.51. The fourth-order valence-electron chi connectivity index (χ4n) is 2.78. The lowest BCUT2D eigenvalue weighted by Crippen LogP contribution is -2.13. The standard InChI is InChI=1S/C15H9NO2/c17-12-4-3-10-11(12)8-9-2-1-6-16-7-5-13(18)14(10)15(9)16/h1-5,7-8H,6H2. The summed E-state index contributed by atoms with van der Waals surface area (Å²) in [6.45, 7) is 0.764. The van der Waals surface area contributed by atoms with Crippen LogP contribution in [0, 0.1) is 0 Å². The number of aromatic nitrogens is 1. The summed E-state index contributed by atoms with van der Waals surface area (Å²) in [5.74, 6) is -0.0167. The average molecular weight is 235 g/mol. The molecule has 2 aromatic rings. The van der Waals surface area contributed by atoms with Crippen LogP contribution in [-0.4, -0.2) is 10.4 Å². The van der Waals surface area contributed by atoms with Crippen LogP contribution in [0.4, 0.5) is 0 Å². The van der Waals surface area contributed by atoms with Crippen LogP contribution >= 0.6 is 0 Å². The third-order valence-corrected chi connectivity index (χ3v) is 3.58. The van der Waals surface area contributed by atoms with E-state index in [1.54, 1.807) is 12.1 Å². The molecule has 2 aliphatic rings. The van der Waals surface area contributed by atoms with Crippen molar-refractivity contribution in [3.05, 3.63) is 57.4 Å². The Balaban J connectivity index is 2.34. The SMILES string of the molecule is O=C1C=Cc2c1cc1c3c2c(=O)ccn3CC=C1. The Morgan fingerprint density at radius 1 is 1.11 bits per heavy atom. The van der Waals surface area contributed by atoms with Gasteiger partial charge in [-0.15, -0.1) is 0 Å². The highest BCUT2D eigenvalue weighted by Crippen LogP contribution is 2.31. The van der Waals surface area contributed by atoms with E-state index in [1.165, 1.54) is 6.08 Å². The van der Waals surface area contributed by atoms with Gasteiger partial charge in [0.05, 0.1) is 10.9 Å². The van der Waals surface area contributed by atoms with Crippen LogP contribution in [0.5, 0.6) is 0 Å². The number of ketones is 1. The molecular weight excluding hydrogens is 226 g/mol. The van der Waals surface area contributed by atoms with Gasteiger partial charge in [0.15, 0.2) is 11.2 Å². The molecule has 0 radical (unpaired) electrons. The van der Waals surface area contributed by atoms with Gasteiger partial charge in [0.2, 0.25) is 0 Å². The van der Waals surface area contributed by atoms with Crippen LogP contribution in [0.3, 0.4) is 0 Å². The number of rotatable bonds is 0. The van der Waals surface area contributed by atoms with Gasteiger partial charge in [-0.2, -0.15) is 0 Å². The number of allylic oxidation sites excluding steroid dienone is 2. The van der Waals surface area contributed by atoms with Crippen molar-refractivity contribution in [1.82, 2.24) is 4.57 Å². The molecule has 0 spiro atoms. The fraction of sp³-hybridized carbons (Fsp3) is 0.0667. The molecule has 0 atom stereocenters. The minimum atomic E-state index is -0.0194. The summed E-state index contributed by atoms with van der Waals surface area (Å²) in [5, 5.41) is 0.663. The molecule has 18 heavy (non-hydrogen) atoms. The number of hydrogen-bond donors (Lipinski definition) is 0. The number of nitrogens with zero attached hydrogens (tertiary/aromatic N) is 1. The van der Waals surface area contributed by atoms with Crippen LogP contribution in [0.2, 0.25) is 0 Å². The summed E-state index contributed by atoms with van der Waals surface area (Å²) >= 11 is 0. The second-order valence-electron chi connectivity index (χ2n) is 4.58. The average Bonchev–Trinajstić information content (AvgIpc) is 2.75. The van der Waals surface area contributed by atoms with Gasteiger partial charge in [-0.1, -0.05) is 12.2 Å². The van der Waals surface area contributed by atoms with E-state index in [1.807, 2.05) is 29.0 Å². The molecule has 0 amide bonds. The first-order valence-corrected chi connectivity index (χ1v) is 5.85. The van der Waals surface area contributed by atoms with E-state index in [0.29, 0.717) is 10.9 Å². The van der Waals surface area contributed by atoms with Crippen LogP contribution in [0.15, 0.2) is 35.3 Å².